The highest BCUT2D eigenvalue weighted by Gasteiger charge is 2.14. The summed E-state index contributed by atoms with van der Waals surface area (Å²) in [6.07, 6.45) is 1.95. The van der Waals surface area contributed by atoms with E-state index in [1.807, 2.05) is 0 Å². The van der Waals surface area contributed by atoms with Crippen LogP contribution >= 0.6 is 0 Å². The first-order valence-electron chi connectivity index (χ1n) is 7.05. The maximum atomic E-state index is 8.68. The van der Waals surface area contributed by atoms with Gasteiger partial charge in [-0.15, -0.1) is 0 Å². The molecule has 0 spiro atoms. The van der Waals surface area contributed by atoms with E-state index in [4.69, 9.17) is 15.7 Å². The molecule has 3 N–H and O–H groups in total. The molecule has 0 bridgehead atoms. The fraction of sp³-hybridized carbons (Fsp3) is 0.533. The minimum Gasteiger partial charge on any atom is -0.493 e. The highest BCUT2D eigenvalue weighted by atomic mass is 16.5. The lowest BCUT2D eigenvalue weighted by Gasteiger charge is -2.25. The fourth-order valence-corrected chi connectivity index (χ4v) is 2.43. The standard InChI is InChI=1S/C15H23N3O2/c1-11(2)18(10-15(16)17-19)7-5-12-3-4-14-13(9-12)6-8-20-14/h3-4,9,11,19H,5-8,10H2,1-2H3,(H2,16,17). The third-order valence-electron chi connectivity index (χ3n) is 3.67. The van der Waals surface area contributed by atoms with Crippen LogP contribution in [0, 0.1) is 0 Å². The molecule has 1 aliphatic heterocycles. The van der Waals surface area contributed by atoms with Crippen LogP contribution in [-0.2, 0) is 12.8 Å². The predicted molar refractivity (Wildman–Crippen MR) is 79.5 cm³/mol. The molecule has 0 saturated carbocycles. The Morgan fingerprint density at radius 2 is 2.30 bits per heavy atom. The lowest BCUT2D eigenvalue weighted by atomic mass is 10.1. The monoisotopic (exact) mass is 277 g/mol. The quantitative estimate of drug-likeness (QED) is 0.359. The second kappa shape index (κ2) is 6.61. The van der Waals surface area contributed by atoms with Crippen molar-refractivity contribution in [2.45, 2.75) is 32.7 Å². The number of amidine groups is 1. The van der Waals surface area contributed by atoms with E-state index in [1.165, 1.54) is 11.1 Å². The summed E-state index contributed by atoms with van der Waals surface area (Å²) in [5, 5.41) is 11.7. The Morgan fingerprint density at radius 1 is 1.50 bits per heavy atom. The average molecular weight is 277 g/mol. The normalized spacial score (nSPS) is 14.7. The molecule has 1 aromatic rings. The number of oxime groups is 1. The van der Waals surface area contributed by atoms with E-state index in [0.29, 0.717) is 12.6 Å². The van der Waals surface area contributed by atoms with Crippen molar-refractivity contribution in [3.05, 3.63) is 29.3 Å². The minimum absolute atomic E-state index is 0.251. The summed E-state index contributed by atoms with van der Waals surface area (Å²) >= 11 is 0. The first-order chi connectivity index (χ1) is 9.60. The molecule has 0 aliphatic carbocycles. The molecule has 0 fully saturated rings. The van der Waals surface area contributed by atoms with E-state index in [1.54, 1.807) is 0 Å². The third kappa shape index (κ3) is 3.63. The van der Waals surface area contributed by atoms with E-state index >= 15 is 0 Å². The van der Waals surface area contributed by atoms with Gasteiger partial charge in [0.15, 0.2) is 5.84 Å². The maximum Gasteiger partial charge on any atom is 0.153 e. The van der Waals surface area contributed by atoms with E-state index in [2.05, 4.69) is 42.1 Å². The molecular weight excluding hydrogens is 254 g/mol. The van der Waals surface area contributed by atoms with Gasteiger partial charge in [0, 0.05) is 19.0 Å². The summed E-state index contributed by atoms with van der Waals surface area (Å²) < 4.78 is 5.51. The van der Waals surface area contributed by atoms with Gasteiger partial charge in [-0.05, 0) is 37.5 Å². The molecule has 0 atom stereocenters. The van der Waals surface area contributed by atoms with Gasteiger partial charge >= 0.3 is 0 Å². The molecule has 2 rings (SSSR count). The van der Waals surface area contributed by atoms with Crippen LogP contribution < -0.4 is 10.5 Å². The highest BCUT2D eigenvalue weighted by molar-refractivity contribution is 5.81. The molecule has 5 nitrogen and oxygen atoms in total. The molecule has 1 heterocycles. The van der Waals surface area contributed by atoms with Crippen LogP contribution in [0.25, 0.3) is 0 Å². The zero-order chi connectivity index (χ0) is 14.5. The maximum absolute atomic E-state index is 8.68. The van der Waals surface area contributed by atoms with Gasteiger partial charge < -0.3 is 15.7 Å². The SMILES string of the molecule is CC(C)N(CCc1ccc2c(c1)CCO2)CC(N)=NO. The number of hydrogen-bond donors (Lipinski definition) is 2. The topological polar surface area (TPSA) is 71.1 Å². The second-order valence-electron chi connectivity index (χ2n) is 5.45. The van der Waals surface area contributed by atoms with E-state index in [-0.39, 0.29) is 5.84 Å². The number of hydrogen-bond acceptors (Lipinski definition) is 4. The minimum atomic E-state index is 0.251. The number of fused-ring (bicyclic) bond motifs is 1. The summed E-state index contributed by atoms with van der Waals surface area (Å²) in [6.45, 7) is 6.39. The molecule has 110 valence electrons. The van der Waals surface area contributed by atoms with Gasteiger partial charge in [-0.1, -0.05) is 17.3 Å². The summed E-state index contributed by atoms with van der Waals surface area (Å²) in [5.41, 5.74) is 8.20. The number of ether oxygens (including phenoxy) is 1. The number of nitrogens with zero attached hydrogens (tertiary/aromatic N) is 2. The number of rotatable bonds is 6. The van der Waals surface area contributed by atoms with Crippen LogP contribution in [0.15, 0.2) is 23.4 Å². The van der Waals surface area contributed by atoms with Gasteiger partial charge in [0.25, 0.3) is 0 Å². The van der Waals surface area contributed by atoms with Crippen LogP contribution in [0.1, 0.15) is 25.0 Å². The van der Waals surface area contributed by atoms with Gasteiger partial charge in [-0.2, -0.15) is 0 Å². The summed E-state index contributed by atoms with van der Waals surface area (Å²) in [5.74, 6) is 1.27. The van der Waals surface area contributed by atoms with Gasteiger partial charge in [-0.3, -0.25) is 4.90 Å². The Hall–Kier alpha value is -1.75. The zero-order valence-electron chi connectivity index (χ0n) is 12.2. The molecule has 0 radical (unpaired) electrons. The summed E-state index contributed by atoms with van der Waals surface area (Å²) in [7, 11) is 0. The van der Waals surface area contributed by atoms with Crippen molar-refractivity contribution < 1.29 is 9.94 Å². The van der Waals surface area contributed by atoms with E-state index in [9.17, 15) is 0 Å². The number of benzene rings is 1. The molecule has 0 aromatic heterocycles. The fourth-order valence-electron chi connectivity index (χ4n) is 2.43. The van der Waals surface area contributed by atoms with Crippen molar-refractivity contribution in [1.82, 2.24) is 4.90 Å². The van der Waals surface area contributed by atoms with Crippen molar-refractivity contribution in [1.29, 1.82) is 0 Å². The molecule has 5 heteroatoms. The third-order valence-corrected chi connectivity index (χ3v) is 3.67. The van der Waals surface area contributed by atoms with Crippen molar-refractivity contribution in [3.8, 4) is 5.75 Å². The Morgan fingerprint density at radius 3 is 3.00 bits per heavy atom. The van der Waals surface area contributed by atoms with Crippen molar-refractivity contribution in [3.63, 3.8) is 0 Å². The zero-order valence-corrected chi connectivity index (χ0v) is 12.2. The highest BCUT2D eigenvalue weighted by Crippen LogP contribution is 2.26. The smallest absolute Gasteiger partial charge is 0.153 e. The van der Waals surface area contributed by atoms with Crippen molar-refractivity contribution in [2.75, 3.05) is 19.7 Å². The molecule has 1 aromatic carbocycles. The van der Waals surface area contributed by atoms with Crippen LogP contribution in [-0.4, -0.2) is 41.7 Å². The van der Waals surface area contributed by atoms with Gasteiger partial charge in [0.05, 0.1) is 13.2 Å². The van der Waals surface area contributed by atoms with Crippen LogP contribution in [0.3, 0.4) is 0 Å². The molecule has 0 saturated heterocycles. The predicted octanol–water partition coefficient (Wildman–Crippen LogP) is 1.62. The van der Waals surface area contributed by atoms with Crippen LogP contribution in [0.4, 0.5) is 0 Å². The summed E-state index contributed by atoms with van der Waals surface area (Å²) in [6, 6.07) is 6.75. The van der Waals surface area contributed by atoms with Crippen molar-refractivity contribution >= 4 is 5.84 Å². The molecule has 1 aliphatic rings. The van der Waals surface area contributed by atoms with Crippen molar-refractivity contribution in [2.24, 2.45) is 10.9 Å². The second-order valence-corrected chi connectivity index (χ2v) is 5.45. The van der Waals surface area contributed by atoms with Gasteiger partial charge in [-0.25, -0.2) is 0 Å². The Labute approximate surface area is 120 Å². The first-order valence-corrected chi connectivity index (χ1v) is 7.05. The Balaban J connectivity index is 1.95. The van der Waals surface area contributed by atoms with E-state index in [0.717, 1.165) is 31.7 Å². The molecule has 20 heavy (non-hydrogen) atoms. The van der Waals surface area contributed by atoms with E-state index < -0.39 is 0 Å². The molecular formula is C15H23N3O2. The molecule has 0 unspecified atom stereocenters. The first kappa shape index (κ1) is 14.7. The Bertz CT molecular complexity index is 486. The lowest BCUT2D eigenvalue weighted by Crippen LogP contribution is -2.39. The van der Waals surface area contributed by atoms with Gasteiger partial charge in [0.2, 0.25) is 0 Å². The van der Waals surface area contributed by atoms with Crippen LogP contribution in [0.5, 0.6) is 5.75 Å². The average Bonchev–Trinajstić information content (AvgIpc) is 2.90. The Kier molecular flexibility index (Phi) is 4.84. The lowest BCUT2D eigenvalue weighted by molar-refractivity contribution is 0.249. The summed E-state index contributed by atoms with van der Waals surface area (Å²) in [4.78, 5) is 2.19. The number of nitrogens with two attached hydrogens (primary N) is 1. The largest absolute Gasteiger partial charge is 0.493 e. The van der Waals surface area contributed by atoms with Gasteiger partial charge in [0.1, 0.15) is 5.75 Å². The molecule has 0 amide bonds. The van der Waals surface area contributed by atoms with Crippen LogP contribution in [0.2, 0.25) is 0 Å².